The topological polar surface area (TPSA) is 41.1 Å². The van der Waals surface area contributed by atoms with Crippen LogP contribution in [0.5, 0.6) is 0 Å². The van der Waals surface area contributed by atoms with Crippen molar-refractivity contribution in [3.05, 3.63) is 21.4 Å². The van der Waals surface area contributed by atoms with Gasteiger partial charge in [0.05, 0.1) is 4.88 Å². The Morgan fingerprint density at radius 1 is 1.44 bits per heavy atom. The fraction of sp³-hybridized carbons (Fsp3) is 0.643. The second kappa shape index (κ2) is 5.41. The predicted octanol–water partition coefficient (Wildman–Crippen LogP) is 2.11. The maximum absolute atomic E-state index is 12.0. The van der Waals surface area contributed by atoms with Crippen LogP contribution in [0.3, 0.4) is 0 Å². The lowest BCUT2D eigenvalue weighted by Gasteiger charge is -2.10. The Morgan fingerprint density at radius 2 is 2.39 bits per heavy atom. The molecule has 1 atom stereocenters. The summed E-state index contributed by atoms with van der Waals surface area (Å²) in [6.45, 7) is 1.93. The molecule has 1 aromatic rings. The third-order valence-corrected chi connectivity index (χ3v) is 5.15. The van der Waals surface area contributed by atoms with E-state index in [0.29, 0.717) is 6.04 Å². The summed E-state index contributed by atoms with van der Waals surface area (Å²) >= 11 is 1.69. The summed E-state index contributed by atoms with van der Waals surface area (Å²) in [6, 6.07) is 2.70. The third-order valence-electron chi connectivity index (χ3n) is 3.91. The smallest absolute Gasteiger partial charge is 0.261 e. The fourth-order valence-electron chi connectivity index (χ4n) is 2.89. The molecule has 1 aromatic heterocycles. The summed E-state index contributed by atoms with van der Waals surface area (Å²) in [7, 11) is 0. The van der Waals surface area contributed by atoms with Crippen molar-refractivity contribution in [3.8, 4) is 0 Å². The maximum atomic E-state index is 12.0. The van der Waals surface area contributed by atoms with Crippen LogP contribution >= 0.6 is 11.3 Å². The highest BCUT2D eigenvalue weighted by Gasteiger charge is 2.19. The molecule has 3 rings (SSSR count). The van der Waals surface area contributed by atoms with Gasteiger partial charge in [-0.1, -0.05) is 0 Å². The Bertz CT molecular complexity index is 414. The maximum Gasteiger partial charge on any atom is 0.261 e. The Morgan fingerprint density at radius 3 is 3.17 bits per heavy atom. The van der Waals surface area contributed by atoms with Gasteiger partial charge in [-0.05, 0) is 56.7 Å². The highest BCUT2D eigenvalue weighted by molar-refractivity contribution is 7.14. The lowest BCUT2D eigenvalue weighted by Crippen LogP contribution is -2.30. The largest absolute Gasteiger partial charge is 0.351 e. The molecule has 0 aromatic carbocycles. The number of thiophene rings is 1. The van der Waals surface area contributed by atoms with E-state index < -0.39 is 0 Å². The first-order chi connectivity index (χ1) is 8.83. The van der Waals surface area contributed by atoms with Gasteiger partial charge in [-0.3, -0.25) is 4.79 Å². The Kier molecular flexibility index (Phi) is 3.66. The van der Waals surface area contributed by atoms with Crippen LogP contribution in [0.1, 0.15) is 45.8 Å². The van der Waals surface area contributed by atoms with Gasteiger partial charge in [0.15, 0.2) is 0 Å². The second-order valence-electron chi connectivity index (χ2n) is 5.25. The zero-order valence-electron chi connectivity index (χ0n) is 10.6. The SMILES string of the molecule is O=C(NCCC1CCCN1)c1cc2c(s1)CCC2. The van der Waals surface area contributed by atoms with Gasteiger partial charge in [0.2, 0.25) is 0 Å². The van der Waals surface area contributed by atoms with E-state index in [1.165, 1.54) is 36.1 Å². The normalized spacial score (nSPS) is 22.1. The number of aryl methyl sites for hydroxylation is 2. The molecule has 0 radical (unpaired) electrons. The average molecular weight is 264 g/mol. The number of carbonyl (C=O) groups is 1. The van der Waals surface area contributed by atoms with Gasteiger partial charge in [0.1, 0.15) is 0 Å². The van der Waals surface area contributed by atoms with Crippen molar-refractivity contribution in [2.45, 2.75) is 44.6 Å². The Balaban J connectivity index is 1.48. The Hall–Kier alpha value is -0.870. The summed E-state index contributed by atoms with van der Waals surface area (Å²) < 4.78 is 0. The van der Waals surface area contributed by atoms with Crippen molar-refractivity contribution in [3.63, 3.8) is 0 Å². The van der Waals surface area contributed by atoms with E-state index >= 15 is 0 Å². The van der Waals surface area contributed by atoms with Gasteiger partial charge in [-0.15, -0.1) is 11.3 Å². The third kappa shape index (κ3) is 2.59. The Labute approximate surface area is 112 Å². The average Bonchev–Trinajstić information content (AvgIpc) is 3.04. The van der Waals surface area contributed by atoms with Crippen LogP contribution in [-0.2, 0) is 12.8 Å². The molecule has 1 fully saturated rings. The van der Waals surface area contributed by atoms with E-state index in [2.05, 4.69) is 16.7 Å². The molecule has 18 heavy (non-hydrogen) atoms. The zero-order valence-corrected chi connectivity index (χ0v) is 11.4. The number of fused-ring (bicyclic) bond motifs is 1. The molecule has 1 aliphatic heterocycles. The van der Waals surface area contributed by atoms with E-state index in [1.807, 2.05) is 0 Å². The van der Waals surface area contributed by atoms with E-state index in [1.54, 1.807) is 11.3 Å². The minimum atomic E-state index is 0.118. The molecule has 98 valence electrons. The minimum Gasteiger partial charge on any atom is -0.351 e. The molecule has 4 heteroatoms. The lowest BCUT2D eigenvalue weighted by molar-refractivity contribution is 0.0956. The zero-order chi connectivity index (χ0) is 12.4. The van der Waals surface area contributed by atoms with Crippen molar-refractivity contribution in [1.29, 1.82) is 0 Å². The van der Waals surface area contributed by atoms with Crippen LogP contribution in [0.2, 0.25) is 0 Å². The van der Waals surface area contributed by atoms with Gasteiger partial charge in [-0.25, -0.2) is 0 Å². The lowest BCUT2D eigenvalue weighted by atomic mass is 10.1. The molecule has 2 aliphatic rings. The number of carbonyl (C=O) groups excluding carboxylic acids is 1. The molecule has 1 amide bonds. The van der Waals surface area contributed by atoms with Crippen molar-refractivity contribution >= 4 is 17.2 Å². The van der Waals surface area contributed by atoms with Crippen LogP contribution in [0.4, 0.5) is 0 Å². The first kappa shape index (κ1) is 12.2. The molecule has 0 spiro atoms. The number of rotatable bonds is 4. The summed E-state index contributed by atoms with van der Waals surface area (Å²) in [5.74, 6) is 0.118. The van der Waals surface area contributed by atoms with Crippen LogP contribution in [0.15, 0.2) is 6.07 Å². The summed E-state index contributed by atoms with van der Waals surface area (Å²) in [5.41, 5.74) is 1.41. The van der Waals surface area contributed by atoms with E-state index in [9.17, 15) is 4.79 Å². The van der Waals surface area contributed by atoms with Gasteiger partial charge < -0.3 is 10.6 Å². The number of hydrogen-bond acceptors (Lipinski definition) is 3. The fourth-order valence-corrected chi connectivity index (χ4v) is 4.06. The molecule has 2 heterocycles. The van der Waals surface area contributed by atoms with Crippen LogP contribution in [-0.4, -0.2) is 25.0 Å². The van der Waals surface area contributed by atoms with E-state index in [4.69, 9.17) is 0 Å². The molecule has 3 nitrogen and oxygen atoms in total. The van der Waals surface area contributed by atoms with Gasteiger partial charge in [0, 0.05) is 17.5 Å². The van der Waals surface area contributed by atoms with Gasteiger partial charge >= 0.3 is 0 Å². The molecule has 1 aliphatic carbocycles. The predicted molar refractivity (Wildman–Crippen MR) is 74.3 cm³/mol. The summed E-state index contributed by atoms with van der Waals surface area (Å²) in [4.78, 5) is 14.3. The molecule has 0 bridgehead atoms. The minimum absolute atomic E-state index is 0.118. The summed E-state index contributed by atoms with van der Waals surface area (Å²) in [6.07, 6.45) is 7.16. The highest BCUT2D eigenvalue weighted by Crippen LogP contribution is 2.30. The van der Waals surface area contributed by atoms with Crippen molar-refractivity contribution < 1.29 is 4.79 Å². The standard InChI is InChI=1S/C14H20N2OS/c17-14(16-8-6-11-4-2-7-15-11)13-9-10-3-1-5-12(10)18-13/h9,11,15H,1-8H2,(H,16,17). The molecule has 0 saturated carbocycles. The number of nitrogens with one attached hydrogen (secondary N) is 2. The van der Waals surface area contributed by atoms with E-state index in [-0.39, 0.29) is 5.91 Å². The molecule has 1 saturated heterocycles. The molecular weight excluding hydrogens is 244 g/mol. The van der Waals surface area contributed by atoms with Crippen molar-refractivity contribution in [2.24, 2.45) is 0 Å². The quantitative estimate of drug-likeness (QED) is 0.874. The highest BCUT2D eigenvalue weighted by atomic mass is 32.1. The summed E-state index contributed by atoms with van der Waals surface area (Å²) in [5, 5.41) is 6.50. The monoisotopic (exact) mass is 264 g/mol. The van der Waals surface area contributed by atoms with Gasteiger partial charge in [0.25, 0.3) is 5.91 Å². The van der Waals surface area contributed by atoms with Gasteiger partial charge in [-0.2, -0.15) is 0 Å². The molecule has 1 unspecified atom stereocenters. The van der Waals surface area contributed by atoms with Crippen molar-refractivity contribution in [2.75, 3.05) is 13.1 Å². The number of amides is 1. The van der Waals surface area contributed by atoms with Crippen LogP contribution < -0.4 is 10.6 Å². The molecular formula is C14H20N2OS. The second-order valence-corrected chi connectivity index (χ2v) is 6.39. The first-order valence-corrected chi connectivity index (χ1v) is 7.78. The first-order valence-electron chi connectivity index (χ1n) is 6.96. The van der Waals surface area contributed by atoms with Crippen LogP contribution in [0, 0.1) is 0 Å². The molecule has 2 N–H and O–H groups in total. The van der Waals surface area contributed by atoms with E-state index in [0.717, 1.165) is 30.8 Å². The van der Waals surface area contributed by atoms with Crippen LogP contribution in [0.25, 0.3) is 0 Å². The number of hydrogen-bond donors (Lipinski definition) is 2. The van der Waals surface area contributed by atoms with Crippen molar-refractivity contribution in [1.82, 2.24) is 10.6 Å².